The number of para-hydroxylation sites is 1. The molecular formula is C13H23N3O2S. The van der Waals surface area contributed by atoms with Crippen molar-refractivity contribution in [1.82, 2.24) is 4.90 Å². The number of nitrogen functional groups attached to an aromatic ring is 1. The molecule has 0 aliphatic rings. The molecule has 0 saturated carbocycles. The van der Waals surface area contributed by atoms with Crippen molar-refractivity contribution in [3.05, 3.63) is 18.2 Å². The molecule has 5 nitrogen and oxygen atoms in total. The van der Waals surface area contributed by atoms with Crippen molar-refractivity contribution in [2.24, 2.45) is 0 Å². The number of nitrogens with two attached hydrogens (primary N) is 1. The van der Waals surface area contributed by atoms with E-state index in [0.717, 1.165) is 26.2 Å². The van der Waals surface area contributed by atoms with Gasteiger partial charge in [0.25, 0.3) is 0 Å². The Morgan fingerprint density at radius 2 is 1.89 bits per heavy atom. The summed E-state index contributed by atoms with van der Waals surface area (Å²) in [7, 11) is -3.28. The SMILES string of the molecule is CCN(CC)CCNc1cccc(S(C)(=O)=O)c1N. The Hall–Kier alpha value is -1.27. The minimum atomic E-state index is -3.28. The summed E-state index contributed by atoms with van der Waals surface area (Å²) in [6, 6.07) is 5.03. The number of benzene rings is 1. The monoisotopic (exact) mass is 285 g/mol. The van der Waals surface area contributed by atoms with Crippen molar-refractivity contribution in [1.29, 1.82) is 0 Å². The Balaban J connectivity index is 2.75. The number of rotatable bonds is 7. The van der Waals surface area contributed by atoms with E-state index in [4.69, 9.17) is 5.73 Å². The summed E-state index contributed by atoms with van der Waals surface area (Å²) in [6.45, 7) is 7.85. The van der Waals surface area contributed by atoms with Crippen LogP contribution in [0.4, 0.5) is 11.4 Å². The van der Waals surface area contributed by atoms with Crippen LogP contribution in [0, 0.1) is 0 Å². The molecule has 0 atom stereocenters. The molecule has 0 heterocycles. The van der Waals surface area contributed by atoms with Gasteiger partial charge in [-0.05, 0) is 25.2 Å². The van der Waals surface area contributed by atoms with Gasteiger partial charge in [0.2, 0.25) is 0 Å². The van der Waals surface area contributed by atoms with Crippen LogP contribution in [0.2, 0.25) is 0 Å². The Morgan fingerprint density at radius 3 is 2.42 bits per heavy atom. The van der Waals surface area contributed by atoms with E-state index in [1.165, 1.54) is 12.3 Å². The zero-order valence-corrected chi connectivity index (χ0v) is 12.6. The molecule has 0 amide bonds. The molecule has 1 aromatic carbocycles. The van der Waals surface area contributed by atoms with Gasteiger partial charge in [-0.25, -0.2) is 8.42 Å². The van der Waals surface area contributed by atoms with Gasteiger partial charge < -0.3 is 16.0 Å². The highest BCUT2D eigenvalue weighted by molar-refractivity contribution is 7.90. The fourth-order valence-electron chi connectivity index (χ4n) is 1.91. The van der Waals surface area contributed by atoms with E-state index in [1.807, 2.05) is 0 Å². The highest BCUT2D eigenvalue weighted by Crippen LogP contribution is 2.26. The lowest BCUT2D eigenvalue weighted by atomic mass is 10.2. The van der Waals surface area contributed by atoms with Crippen LogP contribution in [0.15, 0.2) is 23.1 Å². The molecule has 0 saturated heterocycles. The number of sulfone groups is 1. The summed E-state index contributed by atoms with van der Waals surface area (Å²) in [5.41, 5.74) is 6.87. The van der Waals surface area contributed by atoms with Crippen molar-refractivity contribution in [3.8, 4) is 0 Å². The largest absolute Gasteiger partial charge is 0.396 e. The van der Waals surface area contributed by atoms with E-state index in [9.17, 15) is 8.42 Å². The van der Waals surface area contributed by atoms with Gasteiger partial charge in [0.15, 0.2) is 9.84 Å². The number of nitrogens with one attached hydrogen (secondary N) is 1. The van der Waals surface area contributed by atoms with Gasteiger partial charge in [0.1, 0.15) is 0 Å². The van der Waals surface area contributed by atoms with Crippen molar-refractivity contribution in [3.63, 3.8) is 0 Å². The van der Waals surface area contributed by atoms with Crippen LogP contribution in [0.5, 0.6) is 0 Å². The molecule has 19 heavy (non-hydrogen) atoms. The Bertz CT molecular complexity index is 511. The summed E-state index contributed by atoms with van der Waals surface area (Å²) >= 11 is 0. The average molecular weight is 285 g/mol. The molecule has 0 radical (unpaired) electrons. The first-order valence-electron chi connectivity index (χ1n) is 6.44. The molecule has 0 aromatic heterocycles. The molecule has 0 aliphatic heterocycles. The van der Waals surface area contributed by atoms with Crippen LogP contribution >= 0.6 is 0 Å². The highest BCUT2D eigenvalue weighted by Gasteiger charge is 2.13. The Labute approximate surface area is 115 Å². The average Bonchev–Trinajstić information content (AvgIpc) is 2.35. The van der Waals surface area contributed by atoms with Gasteiger partial charge in [-0.1, -0.05) is 19.9 Å². The van der Waals surface area contributed by atoms with Gasteiger partial charge >= 0.3 is 0 Å². The highest BCUT2D eigenvalue weighted by atomic mass is 32.2. The number of anilines is 2. The van der Waals surface area contributed by atoms with Gasteiger partial charge in [-0.15, -0.1) is 0 Å². The van der Waals surface area contributed by atoms with Gasteiger partial charge in [-0.2, -0.15) is 0 Å². The van der Waals surface area contributed by atoms with Gasteiger partial charge in [0, 0.05) is 19.3 Å². The minimum Gasteiger partial charge on any atom is -0.396 e. The number of hydrogen-bond donors (Lipinski definition) is 2. The van der Waals surface area contributed by atoms with Crippen molar-refractivity contribution in [2.75, 3.05) is 43.5 Å². The molecule has 0 unspecified atom stereocenters. The molecule has 3 N–H and O–H groups in total. The molecule has 6 heteroatoms. The minimum absolute atomic E-state index is 0.181. The predicted octanol–water partition coefficient (Wildman–Crippen LogP) is 1.43. The quantitative estimate of drug-likeness (QED) is 0.741. The maximum Gasteiger partial charge on any atom is 0.177 e. The maximum absolute atomic E-state index is 11.6. The third-order valence-electron chi connectivity index (χ3n) is 3.10. The van der Waals surface area contributed by atoms with Crippen LogP contribution in [-0.2, 0) is 9.84 Å². The van der Waals surface area contributed by atoms with Crippen LogP contribution in [-0.4, -0.2) is 45.8 Å². The third-order valence-corrected chi connectivity index (χ3v) is 4.26. The lowest BCUT2D eigenvalue weighted by molar-refractivity contribution is 0.316. The summed E-state index contributed by atoms with van der Waals surface area (Å²) in [4.78, 5) is 2.46. The predicted molar refractivity (Wildman–Crippen MR) is 80.2 cm³/mol. The fraction of sp³-hybridized carbons (Fsp3) is 0.538. The van der Waals surface area contributed by atoms with Gasteiger partial charge in [-0.3, -0.25) is 0 Å². The Morgan fingerprint density at radius 1 is 1.26 bits per heavy atom. The molecule has 1 rings (SSSR count). The van der Waals surface area contributed by atoms with E-state index < -0.39 is 9.84 Å². The zero-order valence-electron chi connectivity index (χ0n) is 11.8. The molecule has 0 aliphatic carbocycles. The topological polar surface area (TPSA) is 75.4 Å². The normalized spacial score (nSPS) is 11.8. The molecule has 0 fully saturated rings. The maximum atomic E-state index is 11.6. The Kier molecular flexibility index (Phi) is 5.62. The van der Waals surface area contributed by atoms with Crippen LogP contribution < -0.4 is 11.1 Å². The number of likely N-dealkylation sites (N-methyl/N-ethyl adjacent to an activating group) is 1. The van der Waals surface area contributed by atoms with Crippen molar-refractivity contribution in [2.45, 2.75) is 18.7 Å². The van der Waals surface area contributed by atoms with E-state index >= 15 is 0 Å². The van der Waals surface area contributed by atoms with E-state index in [1.54, 1.807) is 12.1 Å². The smallest absolute Gasteiger partial charge is 0.177 e. The lowest BCUT2D eigenvalue weighted by Crippen LogP contribution is -2.28. The second kappa shape index (κ2) is 6.77. The molecule has 108 valence electrons. The van der Waals surface area contributed by atoms with Crippen LogP contribution in [0.3, 0.4) is 0 Å². The second-order valence-corrected chi connectivity index (χ2v) is 6.43. The van der Waals surface area contributed by atoms with Crippen molar-refractivity contribution >= 4 is 21.2 Å². The first-order valence-corrected chi connectivity index (χ1v) is 8.34. The molecule has 1 aromatic rings. The first-order chi connectivity index (χ1) is 8.90. The number of nitrogens with zero attached hydrogens (tertiary/aromatic N) is 1. The van der Waals surface area contributed by atoms with Gasteiger partial charge in [0.05, 0.1) is 16.3 Å². The van der Waals surface area contributed by atoms with Crippen molar-refractivity contribution < 1.29 is 8.42 Å². The standard InChI is InChI=1S/C13H23N3O2S/c1-4-16(5-2)10-9-15-11-7-6-8-12(13(11)14)19(3,17)18/h6-8,15H,4-5,9-10,14H2,1-3H3. The van der Waals surface area contributed by atoms with E-state index in [0.29, 0.717) is 11.4 Å². The van der Waals surface area contributed by atoms with Crippen LogP contribution in [0.1, 0.15) is 13.8 Å². The zero-order chi connectivity index (χ0) is 14.5. The first kappa shape index (κ1) is 15.8. The second-order valence-electron chi connectivity index (χ2n) is 4.44. The molecule has 0 spiro atoms. The molecule has 0 bridgehead atoms. The van der Waals surface area contributed by atoms with E-state index in [2.05, 4.69) is 24.1 Å². The number of hydrogen-bond acceptors (Lipinski definition) is 5. The molecular weight excluding hydrogens is 262 g/mol. The van der Waals surface area contributed by atoms with E-state index in [-0.39, 0.29) is 4.90 Å². The fourth-order valence-corrected chi connectivity index (χ4v) is 2.75. The third kappa shape index (κ3) is 4.40. The summed E-state index contributed by atoms with van der Waals surface area (Å²) < 4.78 is 23.1. The van der Waals surface area contributed by atoms with Crippen LogP contribution in [0.25, 0.3) is 0 Å². The lowest BCUT2D eigenvalue weighted by Gasteiger charge is -2.19. The summed E-state index contributed by atoms with van der Waals surface area (Å²) in [5, 5.41) is 3.19. The summed E-state index contributed by atoms with van der Waals surface area (Å²) in [5.74, 6) is 0. The summed E-state index contributed by atoms with van der Waals surface area (Å²) in [6.07, 6.45) is 1.17.